The third-order valence-electron chi connectivity index (χ3n) is 3.33. The highest BCUT2D eigenvalue weighted by Crippen LogP contribution is 2.09. The van der Waals surface area contributed by atoms with Gasteiger partial charge in [-0.05, 0) is 42.8 Å². The van der Waals surface area contributed by atoms with Crippen LogP contribution in [-0.4, -0.2) is 24.4 Å². The lowest BCUT2D eigenvalue weighted by Gasteiger charge is -2.07. The van der Waals surface area contributed by atoms with E-state index in [-0.39, 0.29) is 37.6 Å². The molecule has 7 heteroatoms. The van der Waals surface area contributed by atoms with Crippen molar-refractivity contribution >= 4 is 29.2 Å². The summed E-state index contributed by atoms with van der Waals surface area (Å²) >= 11 is 0. The Bertz CT molecular complexity index is 748. The van der Waals surface area contributed by atoms with Crippen LogP contribution in [0.5, 0.6) is 0 Å². The molecule has 2 amide bonds. The van der Waals surface area contributed by atoms with E-state index in [0.717, 1.165) is 0 Å². The lowest BCUT2D eigenvalue weighted by Crippen LogP contribution is -2.21. The van der Waals surface area contributed by atoms with Gasteiger partial charge in [-0.3, -0.25) is 14.4 Å². The van der Waals surface area contributed by atoms with E-state index in [9.17, 15) is 18.8 Å². The molecule has 0 saturated carbocycles. The molecule has 2 aromatic rings. The number of carbonyl (C=O) groups is 3. The lowest BCUT2D eigenvalue weighted by atomic mass is 10.2. The molecule has 0 spiro atoms. The van der Waals surface area contributed by atoms with Crippen molar-refractivity contribution in [3.05, 3.63) is 60.4 Å². The van der Waals surface area contributed by atoms with Crippen molar-refractivity contribution in [3.63, 3.8) is 0 Å². The van der Waals surface area contributed by atoms with Gasteiger partial charge in [0.05, 0.1) is 0 Å². The first kappa shape index (κ1) is 19.1. The fourth-order valence-electron chi connectivity index (χ4n) is 2.09. The monoisotopic (exact) mass is 358 g/mol. The first-order valence-corrected chi connectivity index (χ1v) is 8.09. The predicted octanol–water partition coefficient (Wildman–Crippen LogP) is 3.12. The van der Waals surface area contributed by atoms with Crippen molar-refractivity contribution in [1.82, 2.24) is 0 Å². The average Bonchev–Trinajstić information content (AvgIpc) is 2.63. The molecular formula is C19H19FN2O4. The lowest BCUT2D eigenvalue weighted by molar-refractivity contribution is -0.147. The Morgan fingerprint density at radius 2 is 1.42 bits per heavy atom. The van der Waals surface area contributed by atoms with Gasteiger partial charge >= 0.3 is 5.97 Å². The standard InChI is InChI=1S/C19H19FN2O4/c20-14-9-11-16(12-10-14)21-17(23)7-4-8-19(25)26-13-18(24)22-15-5-2-1-3-6-15/h1-3,5-6,9-12H,4,7-8,13H2,(H,21,23)(H,22,24). The fourth-order valence-corrected chi connectivity index (χ4v) is 2.09. The second kappa shape index (κ2) is 9.93. The van der Waals surface area contributed by atoms with Gasteiger partial charge in [-0.25, -0.2) is 4.39 Å². The second-order valence-electron chi connectivity index (χ2n) is 5.48. The summed E-state index contributed by atoms with van der Waals surface area (Å²) in [6.45, 7) is -0.379. The van der Waals surface area contributed by atoms with Crippen LogP contribution in [-0.2, 0) is 19.1 Å². The number of rotatable bonds is 8. The Hall–Kier alpha value is -3.22. The minimum Gasteiger partial charge on any atom is -0.456 e. The summed E-state index contributed by atoms with van der Waals surface area (Å²) in [5.41, 5.74) is 1.10. The van der Waals surface area contributed by atoms with Crippen LogP contribution in [0.4, 0.5) is 15.8 Å². The van der Waals surface area contributed by atoms with Gasteiger partial charge in [-0.2, -0.15) is 0 Å². The number of hydrogen-bond acceptors (Lipinski definition) is 4. The van der Waals surface area contributed by atoms with E-state index in [0.29, 0.717) is 11.4 Å². The maximum absolute atomic E-state index is 12.8. The van der Waals surface area contributed by atoms with E-state index in [1.54, 1.807) is 24.3 Å². The van der Waals surface area contributed by atoms with Gasteiger partial charge in [0.25, 0.3) is 5.91 Å². The molecule has 0 bridgehead atoms. The van der Waals surface area contributed by atoms with E-state index < -0.39 is 11.9 Å². The number of anilines is 2. The molecule has 0 saturated heterocycles. The van der Waals surface area contributed by atoms with E-state index >= 15 is 0 Å². The minimum absolute atomic E-state index is 0.0233. The highest BCUT2D eigenvalue weighted by Gasteiger charge is 2.09. The smallest absolute Gasteiger partial charge is 0.306 e. The molecular weight excluding hydrogens is 339 g/mol. The second-order valence-corrected chi connectivity index (χ2v) is 5.48. The van der Waals surface area contributed by atoms with Gasteiger partial charge in [-0.15, -0.1) is 0 Å². The summed E-state index contributed by atoms with van der Waals surface area (Å²) in [6, 6.07) is 14.2. The van der Waals surface area contributed by atoms with Crippen LogP contribution in [0, 0.1) is 5.82 Å². The van der Waals surface area contributed by atoms with E-state index in [2.05, 4.69) is 10.6 Å². The van der Waals surface area contributed by atoms with Crippen molar-refractivity contribution < 1.29 is 23.5 Å². The maximum atomic E-state index is 12.8. The normalized spacial score (nSPS) is 10.0. The molecule has 0 unspecified atom stereocenters. The highest BCUT2D eigenvalue weighted by molar-refractivity contribution is 5.93. The number of carbonyl (C=O) groups excluding carboxylic acids is 3. The molecule has 2 N–H and O–H groups in total. The third kappa shape index (κ3) is 7.12. The van der Waals surface area contributed by atoms with Gasteiger partial charge in [0.2, 0.25) is 5.91 Å². The number of para-hydroxylation sites is 1. The molecule has 0 aromatic heterocycles. The Morgan fingerprint density at radius 1 is 0.808 bits per heavy atom. The summed E-state index contributed by atoms with van der Waals surface area (Å²) in [4.78, 5) is 35.0. The molecule has 0 atom stereocenters. The molecule has 26 heavy (non-hydrogen) atoms. The molecule has 0 fully saturated rings. The van der Waals surface area contributed by atoms with Crippen LogP contribution >= 0.6 is 0 Å². The topological polar surface area (TPSA) is 84.5 Å². The Morgan fingerprint density at radius 3 is 2.12 bits per heavy atom. The summed E-state index contributed by atoms with van der Waals surface area (Å²) in [5, 5.41) is 5.19. The quantitative estimate of drug-likeness (QED) is 0.710. The summed E-state index contributed by atoms with van der Waals surface area (Å²) in [5.74, 6) is -1.66. The number of nitrogens with one attached hydrogen (secondary N) is 2. The van der Waals surface area contributed by atoms with Gasteiger partial charge in [0.15, 0.2) is 6.61 Å². The van der Waals surface area contributed by atoms with Crippen LogP contribution in [0.2, 0.25) is 0 Å². The zero-order chi connectivity index (χ0) is 18.8. The van der Waals surface area contributed by atoms with Crippen molar-refractivity contribution in [3.8, 4) is 0 Å². The van der Waals surface area contributed by atoms with Crippen LogP contribution < -0.4 is 10.6 Å². The zero-order valence-electron chi connectivity index (χ0n) is 14.0. The van der Waals surface area contributed by atoms with Crippen molar-refractivity contribution in [2.24, 2.45) is 0 Å². The number of hydrogen-bond donors (Lipinski definition) is 2. The number of halogens is 1. The molecule has 2 rings (SSSR count). The first-order chi connectivity index (χ1) is 12.5. The Balaban J connectivity index is 1.60. The SMILES string of the molecule is O=C(CCCC(=O)OCC(=O)Nc1ccccc1)Nc1ccc(F)cc1. The van der Waals surface area contributed by atoms with Crippen LogP contribution in [0.25, 0.3) is 0 Å². The van der Waals surface area contributed by atoms with Crippen LogP contribution in [0.1, 0.15) is 19.3 Å². The van der Waals surface area contributed by atoms with Gasteiger partial charge in [-0.1, -0.05) is 18.2 Å². The predicted molar refractivity (Wildman–Crippen MR) is 94.9 cm³/mol. The van der Waals surface area contributed by atoms with Crippen LogP contribution in [0.3, 0.4) is 0 Å². The van der Waals surface area contributed by atoms with Gasteiger partial charge in [0.1, 0.15) is 5.82 Å². The summed E-state index contributed by atoms with van der Waals surface area (Å²) in [6.07, 6.45) is 0.421. The summed E-state index contributed by atoms with van der Waals surface area (Å²) in [7, 11) is 0. The number of esters is 1. The van der Waals surface area contributed by atoms with E-state index in [1.807, 2.05) is 6.07 Å². The molecule has 136 valence electrons. The van der Waals surface area contributed by atoms with Crippen molar-refractivity contribution in [1.29, 1.82) is 0 Å². The molecule has 0 aliphatic heterocycles. The first-order valence-electron chi connectivity index (χ1n) is 8.09. The Kier molecular flexibility index (Phi) is 7.30. The number of ether oxygens (including phenoxy) is 1. The van der Waals surface area contributed by atoms with Crippen LogP contribution in [0.15, 0.2) is 54.6 Å². The molecule has 6 nitrogen and oxygen atoms in total. The summed E-state index contributed by atoms with van der Waals surface area (Å²) < 4.78 is 17.6. The average molecular weight is 358 g/mol. The van der Waals surface area contributed by atoms with E-state index in [4.69, 9.17) is 4.74 Å². The largest absolute Gasteiger partial charge is 0.456 e. The molecule has 0 aliphatic carbocycles. The Labute approximate surface area is 150 Å². The third-order valence-corrected chi connectivity index (χ3v) is 3.33. The highest BCUT2D eigenvalue weighted by atomic mass is 19.1. The fraction of sp³-hybridized carbons (Fsp3) is 0.211. The molecule has 2 aromatic carbocycles. The molecule has 0 radical (unpaired) electrons. The van der Waals surface area contributed by atoms with Gasteiger partial charge in [0, 0.05) is 24.2 Å². The maximum Gasteiger partial charge on any atom is 0.306 e. The number of amides is 2. The molecule has 0 heterocycles. The zero-order valence-corrected chi connectivity index (χ0v) is 14.0. The van der Waals surface area contributed by atoms with Crippen molar-refractivity contribution in [2.75, 3.05) is 17.2 Å². The van der Waals surface area contributed by atoms with Gasteiger partial charge < -0.3 is 15.4 Å². The molecule has 0 aliphatic rings. The van der Waals surface area contributed by atoms with E-state index in [1.165, 1.54) is 24.3 Å². The minimum atomic E-state index is -0.553. The van der Waals surface area contributed by atoms with Crippen molar-refractivity contribution in [2.45, 2.75) is 19.3 Å². The number of benzene rings is 2.